The Morgan fingerprint density at radius 1 is 1.03 bits per heavy atom. The van der Waals surface area contributed by atoms with E-state index in [0.717, 1.165) is 6.42 Å². The number of nitro groups is 1. The highest BCUT2D eigenvalue weighted by Gasteiger charge is 2.22. The average molecular weight is 465 g/mol. The molecular formula is C25H23NO8. The molecule has 0 spiro atoms. The summed E-state index contributed by atoms with van der Waals surface area (Å²) >= 11 is 0. The Labute approximate surface area is 195 Å². The summed E-state index contributed by atoms with van der Waals surface area (Å²) in [4.78, 5) is 34.4. The van der Waals surface area contributed by atoms with Crippen LogP contribution < -0.4 is 14.2 Å². The number of carboxylic acid groups (broad SMARTS) is 1. The minimum absolute atomic E-state index is 0.0179. The fraction of sp³-hybridized carbons (Fsp3) is 0.200. The molecular weight excluding hydrogens is 442 g/mol. The SMILES string of the molecule is CCC(C)Oc1ccc(C(=O)O)c(OC)c1-c1ccc(C(=O)Oc2ccc([N+](=O)[O-])cc2)cc1. The number of aromatic carboxylic acids is 1. The van der Waals surface area contributed by atoms with E-state index in [9.17, 15) is 24.8 Å². The molecule has 34 heavy (non-hydrogen) atoms. The Bertz CT molecular complexity index is 1200. The third-order valence-corrected chi connectivity index (χ3v) is 5.12. The van der Waals surface area contributed by atoms with E-state index in [4.69, 9.17) is 14.2 Å². The second-order valence-electron chi connectivity index (χ2n) is 7.38. The van der Waals surface area contributed by atoms with E-state index in [1.807, 2.05) is 13.8 Å². The highest BCUT2D eigenvalue weighted by atomic mass is 16.6. The molecule has 9 nitrogen and oxygen atoms in total. The molecule has 0 radical (unpaired) electrons. The van der Waals surface area contributed by atoms with Crippen molar-refractivity contribution < 1.29 is 33.8 Å². The van der Waals surface area contributed by atoms with Crippen molar-refractivity contribution in [3.63, 3.8) is 0 Å². The number of carboxylic acids is 1. The third kappa shape index (κ3) is 5.32. The maximum absolute atomic E-state index is 12.5. The van der Waals surface area contributed by atoms with Crippen LogP contribution in [0, 0.1) is 10.1 Å². The van der Waals surface area contributed by atoms with Crippen LogP contribution in [-0.4, -0.2) is 35.2 Å². The standard InChI is InChI=1S/C25H23NO8/c1-4-15(2)33-21-14-13-20(24(27)28)23(32-3)22(21)16-5-7-17(8-6-16)25(29)34-19-11-9-18(10-12-19)26(30)31/h5-15H,4H2,1-3H3,(H,27,28). The normalized spacial score (nSPS) is 11.4. The van der Waals surface area contributed by atoms with Crippen molar-refractivity contribution in [3.8, 4) is 28.4 Å². The van der Waals surface area contributed by atoms with E-state index in [-0.39, 0.29) is 34.4 Å². The van der Waals surface area contributed by atoms with Gasteiger partial charge in [-0.05, 0) is 55.3 Å². The zero-order chi connectivity index (χ0) is 24.8. The number of esters is 1. The van der Waals surface area contributed by atoms with Crippen molar-refractivity contribution >= 4 is 17.6 Å². The molecule has 0 aliphatic heterocycles. The first-order valence-corrected chi connectivity index (χ1v) is 10.4. The van der Waals surface area contributed by atoms with Gasteiger partial charge in [-0.2, -0.15) is 0 Å². The second kappa shape index (κ2) is 10.5. The van der Waals surface area contributed by atoms with Crippen LogP contribution in [0.3, 0.4) is 0 Å². The van der Waals surface area contributed by atoms with Crippen molar-refractivity contribution in [1.29, 1.82) is 0 Å². The summed E-state index contributed by atoms with van der Waals surface area (Å²) in [5.41, 5.74) is 1.15. The first kappa shape index (κ1) is 24.2. The van der Waals surface area contributed by atoms with Crippen LogP contribution in [0.5, 0.6) is 17.2 Å². The topological polar surface area (TPSA) is 125 Å². The van der Waals surface area contributed by atoms with Gasteiger partial charge < -0.3 is 19.3 Å². The van der Waals surface area contributed by atoms with Gasteiger partial charge in [-0.1, -0.05) is 19.1 Å². The predicted molar refractivity (Wildman–Crippen MR) is 124 cm³/mol. The lowest BCUT2D eigenvalue weighted by atomic mass is 9.98. The third-order valence-electron chi connectivity index (χ3n) is 5.12. The Morgan fingerprint density at radius 3 is 2.21 bits per heavy atom. The van der Waals surface area contributed by atoms with Crippen LogP contribution in [0.2, 0.25) is 0 Å². The fourth-order valence-corrected chi connectivity index (χ4v) is 3.19. The lowest BCUT2D eigenvalue weighted by molar-refractivity contribution is -0.384. The lowest BCUT2D eigenvalue weighted by Crippen LogP contribution is -2.12. The molecule has 0 amide bonds. The van der Waals surface area contributed by atoms with E-state index in [0.29, 0.717) is 16.9 Å². The van der Waals surface area contributed by atoms with Crippen molar-refractivity contribution in [2.24, 2.45) is 0 Å². The molecule has 0 saturated carbocycles. The first-order chi connectivity index (χ1) is 16.2. The number of methoxy groups -OCH3 is 1. The van der Waals surface area contributed by atoms with Crippen LogP contribution in [0.1, 0.15) is 41.0 Å². The molecule has 3 rings (SSSR count). The summed E-state index contributed by atoms with van der Waals surface area (Å²) < 4.78 is 16.7. The molecule has 9 heteroatoms. The van der Waals surface area contributed by atoms with Gasteiger partial charge in [0, 0.05) is 12.1 Å². The van der Waals surface area contributed by atoms with Gasteiger partial charge in [0.25, 0.3) is 5.69 Å². The minimum atomic E-state index is -1.14. The number of hydrogen-bond donors (Lipinski definition) is 1. The summed E-state index contributed by atoms with van der Waals surface area (Å²) in [5, 5.41) is 20.3. The number of benzene rings is 3. The van der Waals surface area contributed by atoms with Crippen molar-refractivity contribution in [3.05, 3.63) is 81.9 Å². The number of nitro benzene ring substituents is 1. The van der Waals surface area contributed by atoms with Crippen LogP contribution in [-0.2, 0) is 0 Å². The first-order valence-electron chi connectivity index (χ1n) is 10.4. The van der Waals surface area contributed by atoms with Gasteiger partial charge in [-0.15, -0.1) is 0 Å². The molecule has 0 aliphatic rings. The lowest BCUT2D eigenvalue weighted by Gasteiger charge is -2.20. The molecule has 1 atom stereocenters. The molecule has 3 aromatic rings. The molecule has 1 unspecified atom stereocenters. The summed E-state index contributed by atoms with van der Waals surface area (Å²) in [7, 11) is 1.38. The van der Waals surface area contributed by atoms with Gasteiger partial charge in [-0.3, -0.25) is 10.1 Å². The van der Waals surface area contributed by atoms with E-state index < -0.39 is 16.9 Å². The molecule has 0 heterocycles. The molecule has 3 aromatic carbocycles. The number of ether oxygens (including phenoxy) is 3. The number of carbonyl (C=O) groups is 2. The Kier molecular flexibility index (Phi) is 7.47. The Hall–Kier alpha value is -4.40. The van der Waals surface area contributed by atoms with Crippen LogP contribution in [0.15, 0.2) is 60.7 Å². The van der Waals surface area contributed by atoms with Gasteiger partial charge in [-0.25, -0.2) is 9.59 Å². The molecule has 0 aromatic heterocycles. The maximum atomic E-state index is 12.5. The van der Waals surface area contributed by atoms with Gasteiger partial charge in [0.15, 0.2) is 0 Å². The number of carbonyl (C=O) groups excluding carboxylic acids is 1. The summed E-state index contributed by atoms with van der Waals surface area (Å²) in [6.07, 6.45) is 0.630. The van der Waals surface area contributed by atoms with E-state index in [1.54, 1.807) is 18.2 Å². The van der Waals surface area contributed by atoms with E-state index >= 15 is 0 Å². The molecule has 1 N–H and O–H groups in total. The summed E-state index contributed by atoms with van der Waals surface area (Å²) in [6, 6.07) is 14.5. The number of non-ortho nitro benzene ring substituents is 1. The number of nitrogens with zero attached hydrogens (tertiary/aromatic N) is 1. The van der Waals surface area contributed by atoms with Gasteiger partial charge in [0.2, 0.25) is 0 Å². The van der Waals surface area contributed by atoms with Gasteiger partial charge >= 0.3 is 11.9 Å². The van der Waals surface area contributed by atoms with Crippen molar-refractivity contribution in [2.45, 2.75) is 26.4 Å². The maximum Gasteiger partial charge on any atom is 0.343 e. The zero-order valence-corrected chi connectivity index (χ0v) is 18.8. The van der Waals surface area contributed by atoms with Crippen molar-refractivity contribution in [2.75, 3.05) is 7.11 Å². The zero-order valence-electron chi connectivity index (χ0n) is 18.8. The molecule has 0 aliphatic carbocycles. The quantitative estimate of drug-likeness (QED) is 0.194. The van der Waals surface area contributed by atoms with Gasteiger partial charge in [0.05, 0.1) is 29.3 Å². The molecule has 0 saturated heterocycles. The number of rotatable bonds is 9. The average Bonchev–Trinajstić information content (AvgIpc) is 2.83. The molecule has 0 fully saturated rings. The van der Waals surface area contributed by atoms with E-state index in [1.165, 1.54) is 49.6 Å². The highest BCUT2D eigenvalue weighted by molar-refractivity contribution is 5.96. The molecule has 0 bridgehead atoms. The second-order valence-corrected chi connectivity index (χ2v) is 7.38. The monoisotopic (exact) mass is 465 g/mol. The largest absolute Gasteiger partial charge is 0.495 e. The smallest absolute Gasteiger partial charge is 0.343 e. The molecule has 176 valence electrons. The summed E-state index contributed by atoms with van der Waals surface area (Å²) in [5.74, 6) is -1.02. The number of hydrogen-bond acceptors (Lipinski definition) is 7. The fourth-order valence-electron chi connectivity index (χ4n) is 3.19. The van der Waals surface area contributed by atoms with Crippen LogP contribution in [0.25, 0.3) is 11.1 Å². The van der Waals surface area contributed by atoms with E-state index in [2.05, 4.69) is 0 Å². The minimum Gasteiger partial charge on any atom is -0.495 e. The van der Waals surface area contributed by atoms with Gasteiger partial charge in [0.1, 0.15) is 22.8 Å². The summed E-state index contributed by atoms with van der Waals surface area (Å²) in [6.45, 7) is 3.87. The predicted octanol–water partition coefficient (Wildman–Crippen LogP) is 5.37. The Balaban J connectivity index is 1.93. The highest BCUT2D eigenvalue weighted by Crippen LogP contribution is 2.41. The van der Waals surface area contributed by atoms with Crippen LogP contribution >= 0.6 is 0 Å². The van der Waals surface area contributed by atoms with Crippen molar-refractivity contribution in [1.82, 2.24) is 0 Å². The Morgan fingerprint density at radius 2 is 1.68 bits per heavy atom. The van der Waals surface area contributed by atoms with Crippen LogP contribution in [0.4, 0.5) is 5.69 Å².